The zero-order valence-electron chi connectivity index (χ0n) is 14.0. The molecule has 0 atom stereocenters. The number of hydrogen-bond donors (Lipinski definition) is 1. The van der Waals surface area contributed by atoms with Gasteiger partial charge in [-0.15, -0.1) is 0 Å². The van der Waals surface area contributed by atoms with Crippen LogP contribution in [0.5, 0.6) is 0 Å². The molecule has 0 spiro atoms. The summed E-state index contributed by atoms with van der Waals surface area (Å²) in [6.07, 6.45) is 0.951. The molecule has 0 radical (unpaired) electrons. The number of piperidine rings is 1. The summed E-state index contributed by atoms with van der Waals surface area (Å²) in [6, 6.07) is 4.61. The van der Waals surface area contributed by atoms with Crippen LogP contribution in [0.15, 0.2) is 23.1 Å². The summed E-state index contributed by atoms with van der Waals surface area (Å²) < 4.78 is 26.9. The Kier molecular flexibility index (Phi) is 5.85. The molecular weight excluding hydrogens is 371 g/mol. The highest BCUT2D eigenvalue weighted by Gasteiger charge is 2.35. The average Bonchev–Trinajstić information content (AvgIpc) is 2.45. The molecule has 1 saturated heterocycles. The summed E-state index contributed by atoms with van der Waals surface area (Å²) in [6.45, 7) is 6.30. The molecule has 24 heavy (non-hydrogen) atoms. The minimum atomic E-state index is -3.77. The molecule has 1 heterocycles. The van der Waals surface area contributed by atoms with Crippen molar-refractivity contribution in [1.29, 1.82) is 0 Å². The van der Waals surface area contributed by atoms with Gasteiger partial charge in [0.05, 0.1) is 10.0 Å². The maximum absolute atomic E-state index is 12.8. The molecule has 1 fully saturated rings. The summed E-state index contributed by atoms with van der Waals surface area (Å²) in [5.74, 6) is -0.215. The van der Waals surface area contributed by atoms with Gasteiger partial charge in [-0.2, -0.15) is 4.31 Å². The Hall–Kier alpha value is -0.820. The van der Waals surface area contributed by atoms with Crippen molar-refractivity contribution in [3.8, 4) is 0 Å². The standard InChI is InChI=1S/C16H22Cl2N2O3S/c1-16(2,3)19-15(21)11-7-9-20(10-8-11)24(22,23)14-12(17)5-4-6-13(14)18/h4-6,11H,7-10H2,1-3H3,(H,19,21). The van der Waals surface area contributed by atoms with Crippen LogP contribution in [0, 0.1) is 5.92 Å². The maximum atomic E-state index is 12.8. The zero-order valence-corrected chi connectivity index (χ0v) is 16.3. The molecule has 2 rings (SSSR count). The third kappa shape index (κ3) is 4.42. The van der Waals surface area contributed by atoms with Crippen LogP contribution in [-0.4, -0.2) is 37.3 Å². The molecule has 1 aromatic carbocycles. The minimum absolute atomic E-state index is 0.0321. The van der Waals surface area contributed by atoms with Crippen molar-refractivity contribution < 1.29 is 13.2 Å². The van der Waals surface area contributed by atoms with E-state index < -0.39 is 10.0 Å². The topological polar surface area (TPSA) is 66.5 Å². The average molecular weight is 393 g/mol. The van der Waals surface area contributed by atoms with Crippen molar-refractivity contribution in [2.75, 3.05) is 13.1 Å². The van der Waals surface area contributed by atoms with Gasteiger partial charge in [-0.3, -0.25) is 4.79 Å². The number of carbonyl (C=O) groups excluding carboxylic acids is 1. The Morgan fingerprint density at radius 3 is 2.12 bits per heavy atom. The van der Waals surface area contributed by atoms with Crippen molar-refractivity contribution in [2.45, 2.75) is 44.0 Å². The first-order valence-electron chi connectivity index (χ1n) is 7.78. The first-order chi connectivity index (χ1) is 11.0. The lowest BCUT2D eigenvalue weighted by atomic mass is 9.96. The lowest BCUT2D eigenvalue weighted by molar-refractivity contribution is -0.127. The number of sulfonamides is 1. The molecule has 1 amide bonds. The monoisotopic (exact) mass is 392 g/mol. The van der Waals surface area contributed by atoms with Gasteiger partial charge in [-0.1, -0.05) is 29.3 Å². The largest absolute Gasteiger partial charge is 0.351 e. The van der Waals surface area contributed by atoms with Crippen LogP contribution in [0.4, 0.5) is 0 Å². The molecule has 0 saturated carbocycles. The molecule has 1 aliphatic heterocycles. The van der Waals surface area contributed by atoms with Crippen LogP contribution in [-0.2, 0) is 14.8 Å². The summed E-state index contributed by atoms with van der Waals surface area (Å²) in [7, 11) is -3.77. The number of benzene rings is 1. The Balaban J connectivity index is 2.10. The summed E-state index contributed by atoms with van der Waals surface area (Å²) in [5.41, 5.74) is -0.300. The molecule has 1 aliphatic rings. The summed E-state index contributed by atoms with van der Waals surface area (Å²) in [4.78, 5) is 12.2. The zero-order chi connectivity index (χ0) is 18.1. The van der Waals surface area contributed by atoms with E-state index in [9.17, 15) is 13.2 Å². The van der Waals surface area contributed by atoms with E-state index in [0.717, 1.165) is 0 Å². The number of nitrogens with zero attached hydrogens (tertiary/aromatic N) is 1. The fraction of sp³-hybridized carbons (Fsp3) is 0.562. The summed E-state index contributed by atoms with van der Waals surface area (Å²) in [5, 5.41) is 3.16. The van der Waals surface area contributed by atoms with E-state index in [1.165, 1.54) is 16.4 Å². The normalized spacial score (nSPS) is 17.7. The van der Waals surface area contributed by atoms with Crippen LogP contribution in [0.25, 0.3) is 0 Å². The van der Waals surface area contributed by atoms with Crippen LogP contribution in [0.1, 0.15) is 33.6 Å². The van der Waals surface area contributed by atoms with Gasteiger partial charge in [-0.25, -0.2) is 8.42 Å². The van der Waals surface area contributed by atoms with E-state index in [2.05, 4.69) is 5.32 Å². The SMILES string of the molecule is CC(C)(C)NC(=O)C1CCN(S(=O)(=O)c2c(Cl)cccc2Cl)CC1. The molecule has 134 valence electrons. The minimum Gasteiger partial charge on any atom is -0.351 e. The highest BCUT2D eigenvalue weighted by molar-refractivity contribution is 7.89. The molecule has 0 aliphatic carbocycles. The van der Waals surface area contributed by atoms with Crippen molar-refractivity contribution in [3.63, 3.8) is 0 Å². The van der Waals surface area contributed by atoms with Gasteiger partial charge in [0.15, 0.2) is 0 Å². The van der Waals surface area contributed by atoms with Crippen LogP contribution >= 0.6 is 23.2 Å². The van der Waals surface area contributed by atoms with E-state index in [0.29, 0.717) is 12.8 Å². The van der Waals surface area contributed by atoms with E-state index in [1.807, 2.05) is 20.8 Å². The summed E-state index contributed by atoms with van der Waals surface area (Å²) >= 11 is 12.1. The molecule has 1 aromatic rings. The fourth-order valence-corrected chi connectivity index (χ4v) is 5.25. The highest BCUT2D eigenvalue weighted by Crippen LogP contribution is 2.33. The molecule has 0 bridgehead atoms. The van der Waals surface area contributed by atoms with Crippen molar-refractivity contribution in [2.24, 2.45) is 5.92 Å². The molecule has 0 unspecified atom stereocenters. The number of amides is 1. The Labute approximate surface area is 153 Å². The predicted molar refractivity (Wildman–Crippen MR) is 95.8 cm³/mol. The van der Waals surface area contributed by atoms with E-state index >= 15 is 0 Å². The number of hydrogen-bond acceptors (Lipinski definition) is 3. The second-order valence-corrected chi connectivity index (χ2v) is 9.66. The van der Waals surface area contributed by atoms with Crippen molar-refractivity contribution in [1.82, 2.24) is 9.62 Å². The Morgan fingerprint density at radius 2 is 1.67 bits per heavy atom. The first kappa shape index (κ1) is 19.5. The first-order valence-corrected chi connectivity index (χ1v) is 9.98. The molecular formula is C16H22Cl2N2O3S. The number of halogens is 2. The number of carbonyl (C=O) groups is 1. The third-order valence-corrected chi connectivity index (χ3v) is 6.69. The quantitative estimate of drug-likeness (QED) is 0.857. The smallest absolute Gasteiger partial charge is 0.246 e. The van der Waals surface area contributed by atoms with Gasteiger partial charge >= 0.3 is 0 Å². The van der Waals surface area contributed by atoms with Gasteiger partial charge < -0.3 is 5.32 Å². The van der Waals surface area contributed by atoms with Gasteiger partial charge in [0.1, 0.15) is 4.90 Å². The van der Waals surface area contributed by atoms with Crippen molar-refractivity contribution in [3.05, 3.63) is 28.2 Å². The Morgan fingerprint density at radius 1 is 1.17 bits per heavy atom. The number of rotatable bonds is 3. The van der Waals surface area contributed by atoms with Gasteiger partial charge in [0.25, 0.3) is 0 Å². The molecule has 5 nitrogen and oxygen atoms in total. The third-order valence-electron chi connectivity index (χ3n) is 3.84. The van der Waals surface area contributed by atoms with Gasteiger partial charge in [-0.05, 0) is 45.7 Å². The highest BCUT2D eigenvalue weighted by atomic mass is 35.5. The second kappa shape index (κ2) is 7.20. The number of nitrogens with one attached hydrogen (secondary N) is 1. The molecule has 8 heteroatoms. The van der Waals surface area contributed by atoms with Crippen LogP contribution < -0.4 is 5.32 Å². The van der Waals surface area contributed by atoms with E-state index in [4.69, 9.17) is 23.2 Å². The van der Waals surface area contributed by atoms with E-state index in [1.54, 1.807) is 6.07 Å². The second-order valence-electron chi connectivity index (χ2n) is 6.97. The van der Waals surface area contributed by atoms with Crippen LogP contribution in [0.2, 0.25) is 10.0 Å². The van der Waals surface area contributed by atoms with Gasteiger partial charge in [0, 0.05) is 24.5 Å². The lowest BCUT2D eigenvalue weighted by Gasteiger charge is -2.32. The lowest BCUT2D eigenvalue weighted by Crippen LogP contribution is -2.47. The molecule has 0 aromatic heterocycles. The predicted octanol–water partition coefficient (Wildman–Crippen LogP) is 3.31. The molecule has 1 N–H and O–H groups in total. The fourth-order valence-electron chi connectivity index (χ4n) is 2.69. The Bertz CT molecular complexity index is 701. The van der Waals surface area contributed by atoms with Crippen molar-refractivity contribution >= 4 is 39.1 Å². The van der Waals surface area contributed by atoms with E-state index in [-0.39, 0.29) is 45.4 Å². The maximum Gasteiger partial charge on any atom is 0.246 e. The van der Waals surface area contributed by atoms with Gasteiger partial charge in [0.2, 0.25) is 15.9 Å². The van der Waals surface area contributed by atoms with Crippen LogP contribution in [0.3, 0.4) is 0 Å².